The predicted molar refractivity (Wildman–Crippen MR) is 77.8 cm³/mol. The summed E-state index contributed by atoms with van der Waals surface area (Å²) in [7, 11) is 2.14. The summed E-state index contributed by atoms with van der Waals surface area (Å²) in [6.45, 7) is 10.5. The van der Waals surface area contributed by atoms with Gasteiger partial charge in [-0.25, -0.2) is 0 Å². The molecule has 2 N–H and O–H groups in total. The van der Waals surface area contributed by atoms with Crippen LogP contribution in [0.4, 0.5) is 0 Å². The van der Waals surface area contributed by atoms with Crippen LogP contribution in [-0.4, -0.2) is 49.3 Å². The van der Waals surface area contributed by atoms with E-state index in [1.807, 2.05) is 6.92 Å². The van der Waals surface area contributed by atoms with E-state index in [1.165, 1.54) is 25.7 Å². The molecule has 0 radical (unpaired) electrons. The van der Waals surface area contributed by atoms with Gasteiger partial charge >= 0.3 is 0 Å². The van der Waals surface area contributed by atoms with Crippen LogP contribution in [-0.2, 0) is 0 Å². The van der Waals surface area contributed by atoms with E-state index in [1.54, 1.807) is 0 Å². The fourth-order valence-corrected chi connectivity index (χ4v) is 3.61. The molecule has 108 valence electrons. The molecule has 3 nitrogen and oxygen atoms in total. The van der Waals surface area contributed by atoms with E-state index in [2.05, 4.69) is 31.1 Å². The Morgan fingerprint density at radius 1 is 1.50 bits per heavy atom. The molecule has 3 heteroatoms. The quantitative estimate of drug-likeness (QED) is 0.732. The highest BCUT2D eigenvalue weighted by Crippen LogP contribution is 2.39. The van der Waals surface area contributed by atoms with E-state index in [4.69, 9.17) is 0 Å². The Bertz CT molecular complexity index is 233. The normalized spacial score (nSPS) is 30.7. The molecule has 0 aromatic heterocycles. The molecule has 3 unspecified atom stereocenters. The van der Waals surface area contributed by atoms with E-state index in [0.29, 0.717) is 5.41 Å². The molecule has 1 rings (SSSR count). The number of hydrogen-bond acceptors (Lipinski definition) is 3. The molecule has 0 aromatic carbocycles. The smallest absolute Gasteiger partial charge is 0.0638 e. The molecular weight excluding hydrogens is 224 g/mol. The van der Waals surface area contributed by atoms with Crippen molar-refractivity contribution in [3.05, 3.63) is 0 Å². The average Bonchev–Trinajstić information content (AvgIpc) is 2.25. The molecule has 0 bridgehead atoms. The highest BCUT2D eigenvalue weighted by Gasteiger charge is 2.35. The van der Waals surface area contributed by atoms with Crippen molar-refractivity contribution in [3.8, 4) is 0 Å². The maximum atomic E-state index is 9.51. The van der Waals surface area contributed by atoms with Gasteiger partial charge in [-0.1, -0.05) is 26.7 Å². The minimum absolute atomic E-state index is 0.229. The van der Waals surface area contributed by atoms with Crippen LogP contribution in [0.25, 0.3) is 0 Å². The Balaban J connectivity index is 2.58. The topological polar surface area (TPSA) is 35.5 Å². The van der Waals surface area contributed by atoms with Crippen LogP contribution in [0.1, 0.15) is 46.5 Å². The first-order chi connectivity index (χ1) is 8.47. The van der Waals surface area contributed by atoms with E-state index in [9.17, 15) is 5.11 Å². The second-order valence-electron chi connectivity index (χ2n) is 6.53. The van der Waals surface area contributed by atoms with Crippen LogP contribution in [0.5, 0.6) is 0 Å². The summed E-state index contributed by atoms with van der Waals surface area (Å²) in [6, 6.07) is 0. The SMILES string of the molecule is CCNCC1(CN(C)CC(C)O)CCCC(C)C1. The molecule has 1 aliphatic carbocycles. The summed E-state index contributed by atoms with van der Waals surface area (Å²) < 4.78 is 0. The molecule has 0 aliphatic heterocycles. The summed E-state index contributed by atoms with van der Waals surface area (Å²) in [4.78, 5) is 2.31. The Morgan fingerprint density at radius 2 is 2.22 bits per heavy atom. The number of aliphatic hydroxyl groups is 1. The molecule has 0 saturated heterocycles. The minimum atomic E-state index is -0.229. The number of nitrogens with one attached hydrogen (secondary N) is 1. The Labute approximate surface area is 113 Å². The lowest BCUT2D eigenvalue weighted by atomic mass is 9.69. The fourth-order valence-electron chi connectivity index (χ4n) is 3.61. The fraction of sp³-hybridized carbons (Fsp3) is 1.00. The molecule has 3 atom stereocenters. The lowest BCUT2D eigenvalue weighted by Crippen LogP contribution is -2.46. The zero-order chi connectivity index (χ0) is 13.6. The highest BCUT2D eigenvalue weighted by atomic mass is 16.3. The van der Waals surface area contributed by atoms with Gasteiger partial charge in [0.05, 0.1) is 6.10 Å². The van der Waals surface area contributed by atoms with Gasteiger partial charge in [-0.3, -0.25) is 0 Å². The molecule has 0 spiro atoms. The molecular formula is C15H32N2O. The maximum absolute atomic E-state index is 9.51. The van der Waals surface area contributed by atoms with E-state index >= 15 is 0 Å². The molecule has 0 heterocycles. The molecule has 1 saturated carbocycles. The van der Waals surface area contributed by atoms with Crippen molar-refractivity contribution < 1.29 is 5.11 Å². The minimum Gasteiger partial charge on any atom is -0.392 e. The Kier molecular flexibility index (Phi) is 6.61. The summed E-state index contributed by atoms with van der Waals surface area (Å²) in [6.07, 6.45) is 5.16. The van der Waals surface area contributed by atoms with Crippen molar-refractivity contribution >= 4 is 0 Å². The number of aliphatic hydroxyl groups excluding tert-OH is 1. The zero-order valence-electron chi connectivity index (χ0n) is 12.7. The first-order valence-electron chi connectivity index (χ1n) is 7.55. The summed E-state index contributed by atoms with van der Waals surface area (Å²) in [5.74, 6) is 0.845. The molecule has 18 heavy (non-hydrogen) atoms. The van der Waals surface area contributed by atoms with Gasteiger partial charge in [-0.2, -0.15) is 0 Å². The first-order valence-corrected chi connectivity index (χ1v) is 7.55. The lowest BCUT2D eigenvalue weighted by molar-refractivity contribution is 0.0669. The Morgan fingerprint density at radius 3 is 2.78 bits per heavy atom. The van der Waals surface area contributed by atoms with Gasteiger partial charge < -0.3 is 15.3 Å². The van der Waals surface area contributed by atoms with Crippen molar-refractivity contribution in [2.24, 2.45) is 11.3 Å². The van der Waals surface area contributed by atoms with Crippen molar-refractivity contribution in [2.45, 2.75) is 52.6 Å². The van der Waals surface area contributed by atoms with Crippen LogP contribution in [0, 0.1) is 11.3 Å². The molecule has 0 amide bonds. The molecule has 0 aromatic rings. The number of likely N-dealkylation sites (N-methyl/N-ethyl adjacent to an activating group) is 1. The van der Waals surface area contributed by atoms with Gasteiger partial charge in [-0.15, -0.1) is 0 Å². The number of rotatable bonds is 7. The third-order valence-electron chi connectivity index (χ3n) is 4.12. The second-order valence-corrected chi connectivity index (χ2v) is 6.53. The standard InChI is InChI=1S/C15H32N2O/c1-5-16-11-15(8-6-7-13(2)9-15)12-17(4)10-14(3)18/h13-14,16,18H,5-12H2,1-4H3. The maximum Gasteiger partial charge on any atom is 0.0638 e. The largest absolute Gasteiger partial charge is 0.392 e. The van der Waals surface area contributed by atoms with E-state index < -0.39 is 0 Å². The Hall–Kier alpha value is -0.120. The second kappa shape index (κ2) is 7.46. The third kappa shape index (κ3) is 5.25. The van der Waals surface area contributed by atoms with Crippen molar-refractivity contribution in [3.63, 3.8) is 0 Å². The summed E-state index contributed by atoms with van der Waals surface area (Å²) in [5, 5.41) is 13.1. The molecule has 1 aliphatic rings. The first kappa shape index (κ1) is 15.9. The van der Waals surface area contributed by atoms with Crippen molar-refractivity contribution in [1.29, 1.82) is 0 Å². The lowest BCUT2D eigenvalue weighted by Gasteiger charge is -2.43. The molecule has 1 fully saturated rings. The summed E-state index contributed by atoms with van der Waals surface area (Å²) >= 11 is 0. The van der Waals surface area contributed by atoms with Crippen LogP contribution < -0.4 is 5.32 Å². The highest BCUT2D eigenvalue weighted by molar-refractivity contribution is 4.89. The van der Waals surface area contributed by atoms with Gasteiger partial charge in [0, 0.05) is 19.6 Å². The van der Waals surface area contributed by atoms with Crippen molar-refractivity contribution in [1.82, 2.24) is 10.2 Å². The number of hydrogen-bond donors (Lipinski definition) is 2. The van der Waals surface area contributed by atoms with Crippen LogP contribution in [0.3, 0.4) is 0 Å². The van der Waals surface area contributed by atoms with Crippen LogP contribution in [0.2, 0.25) is 0 Å². The van der Waals surface area contributed by atoms with Crippen LogP contribution >= 0.6 is 0 Å². The number of nitrogens with zero attached hydrogens (tertiary/aromatic N) is 1. The zero-order valence-corrected chi connectivity index (χ0v) is 12.7. The average molecular weight is 256 g/mol. The van der Waals surface area contributed by atoms with Gasteiger partial charge in [0.25, 0.3) is 0 Å². The van der Waals surface area contributed by atoms with Gasteiger partial charge in [0.1, 0.15) is 0 Å². The summed E-state index contributed by atoms with van der Waals surface area (Å²) in [5.41, 5.74) is 0.414. The monoisotopic (exact) mass is 256 g/mol. The third-order valence-corrected chi connectivity index (χ3v) is 4.12. The van der Waals surface area contributed by atoms with Crippen LogP contribution in [0.15, 0.2) is 0 Å². The van der Waals surface area contributed by atoms with E-state index in [0.717, 1.165) is 32.1 Å². The van der Waals surface area contributed by atoms with Gasteiger partial charge in [-0.05, 0) is 44.7 Å². The van der Waals surface area contributed by atoms with Gasteiger partial charge in [0.15, 0.2) is 0 Å². The van der Waals surface area contributed by atoms with Gasteiger partial charge in [0.2, 0.25) is 0 Å². The van der Waals surface area contributed by atoms with Crippen molar-refractivity contribution in [2.75, 3.05) is 33.2 Å². The predicted octanol–water partition coefficient (Wildman–Crippen LogP) is 2.10. The van der Waals surface area contributed by atoms with E-state index in [-0.39, 0.29) is 6.10 Å².